The summed E-state index contributed by atoms with van der Waals surface area (Å²) in [6.45, 7) is 2.05. The molecule has 0 atom stereocenters. The van der Waals surface area contributed by atoms with Gasteiger partial charge in [0.25, 0.3) is 0 Å². The van der Waals surface area contributed by atoms with E-state index in [1.165, 1.54) is 0 Å². The molecule has 128 valence electrons. The highest BCUT2D eigenvalue weighted by molar-refractivity contribution is 5.75. The molecule has 0 unspecified atom stereocenters. The quantitative estimate of drug-likeness (QED) is 0.444. The summed E-state index contributed by atoms with van der Waals surface area (Å²) in [6.07, 6.45) is 1.98. The fourth-order valence-corrected chi connectivity index (χ4v) is 2.77. The number of azo groups is 1. The Morgan fingerprint density at radius 1 is 0.923 bits per heavy atom. The number of hydrogen-bond acceptors (Lipinski definition) is 4. The van der Waals surface area contributed by atoms with Crippen molar-refractivity contribution >= 4 is 17.2 Å². The molecule has 0 spiro atoms. The number of imidazole rings is 1. The first-order chi connectivity index (χ1) is 12.7. The van der Waals surface area contributed by atoms with Crippen LogP contribution < -0.4 is 4.74 Å². The molecule has 2 aromatic carbocycles. The zero-order valence-corrected chi connectivity index (χ0v) is 14.6. The lowest BCUT2D eigenvalue weighted by Gasteiger charge is -2.02. The molecule has 4 aromatic rings. The van der Waals surface area contributed by atoms with Gasteiger partial charge in [-0.05, 0) is 61.0 Å². The molecule has 0 amide bonds. The largest absolute Gasteiger partial charge is 0.497 e. The number of benzene rings is 2. The second-order valence-electron chi connectivity index (χ2n) is 5.98. The van der Waals surface area contributed by atoms with Crippen molar-refractivity contribution in [3.8, 4) is 17.0 Å². The minimum absolute atomic E-state index is 0.703. The highest BCUT2D eigenvalue weighted by atomic mass is 16.5. The van der Waals surface area contributed by atoms with Crippen LogP contribution in [0.1, 0.15) is 5.56 Å². The molecule has 4 rings (SSSR count). The standard InChI is InChI=1S/C21H18N4O/c1-15-12-13-25-19(14-15)22-20(16-8-10-18(26-2)11-9-16)21(25)24-23-17-6-4-3-5-7-17/h3-14H,1-2H3. The molecule has 5 heteroatoms. The third-order valence-electron chi connectivity index (χ3n) is 4.14. The first-order valence-corrected chi connectivity index (χ1v) is 8.34. The molecule has 0 aliphatic rings. The van der Waals surface area contributed by atoms with E-state index in [1.54, 1.807) is 7.11 Å². The minimum atomic E-state index is 0.703. The highest BCUT2D eigenvalue weighted by Gasteiger charge is 2.14. The maximum Gasteiger partial charge on any atom is 0.187 e. The number of aromatic nitrogens is 2. The molecule has 2 aromatic heterocycles. The van der Waals surface area contributed by atoms with Crippen LogP contribution in [0, 0.1) is 6.92 Å². The first kappa shape index (κ1) is 16.0. The van der Waals surface area contributed by atoms with Crippen molar-refractivity contribution in [3.05, 3.63) is 78.5 Å². The Kier molecular flexibility index (Phi) is 4.19. The van der Waals surface area contributed by atoms with Crippen molar-refractivity contribution < 1.29 is 4.74 Å². The summed E-state index contributed by atoms with van der Waals surface area (Å²) in [6, 6.07) is 21.6. The van der Waals surface area contributed by atoms with Crippen molar-refractivity contribution in [1.82, 2.24) is 9.38 Å². The van der Waals surface area contributed by atoms with E-state index < -0.39 is 0 Å². The van der Waals surface area contributed by atoms with Gasteiger partial charge >= 0.3 is 0 Å². The highest BCUT2D eigenvalue weighted by Crippen LogP contribution is 2.33. The topological polar surface area (TPSA) is 51.2 Å². The summed E-state index contributed by atoms with van der Waals surface area (Å²) in [5, 5.41) is 8.89. The third kappa shape index (κ3) is 3.07. The van der Waals surface area contributed by atoms with Gasteiger partial charge in [-0.15, -0.1) is 10.2 Å². The van der Waals surface area contributed by atoms with E-state index in [0.717, 1.165) is 33.9 Å². The molecule has 2 heterocycles. The fraction of sp³-hybridized carbons (Fsp3) is 0.0952. The minimum Gasteiger partial charge on any atom is -0.497 e. The van der Waals surface area contributed by atoms with Gasteiger partial charge in [0, 0.05) is 11.8 Å². The Labute approximate surface area is 151 Å². The van der Waals surface area contributed by atoms with Gasteiger partial charge in [0.05, 0.1) is 12.8 Å². The van der Waals surface area contributed by atoms with Crippen LogP contribution in [0.15, 0.2) is 83.2 Å². The molecular formula is C21H18N4O. The van der Waals surface area contributed by atoms with Crippen molar-refractivity contribution in [2.45, 2.75) is 6.92 Å². The van der Waals surface area contributed by atoms with Crippen LogP contribution in [0.5, 0.6) is 5.75 Å². The zero-order valence-electron chi connectivity index (χ0n) is 14.6. The lowest BCUT2D eigenvalue weighted by molar-refractivity contribution is 0.415. The van der Waals surface area contributed by atoms with Gasteiger partial charge in [0.15, 0.2) is 5.82 Å². The van der Waals surface area contributed by atoms with Crippen LogP contribution in [-0.4, -0.2) is 16.5 Å². The van der Waals surface area contributed by atoms with Gasteiger partial charge in [-0.3, -0.25) is 4.40 Å². The summed E-state index contributed by atoms with van der Waals surface area (Å²) in [5.74, 6) is 1.51. The molecule has 0 aliphatic heterocycles. The second kappa shape index (κ2) is 6.80. The normalized spacial score (nSPS) is 11.3. The van der Waals surface area contributed by atoms with Crippen LogP contribution in [0.4, 0.5) is 11.5 Å². The molecular weight excluding hydrogens is 324 g/mol. The maximum atomic E-state index is 5.25. The van der Waals surface area contributed by atoms with E-state index in [4.69, 9.17) is 9.72 Å². The van der Waals surface area contributed by atoms with Crippen LogP contribution in [0.25, 0.3) is 16.9 Å². The van der Waals surface area contributed by atoms with E-state index in [0.29, 0.717) is 5.82 Å². The predicted molar refractivity (Wildman–Crippen MR) is 103 cm³/mol. The van der Waals surface area contributed by atoms with Gasteiger partial charge in [0.2, 0.25) is 0 Å². The van der Waals surface area contributed by atoms with Crippen LogP contribution in [0.3, 0.4) is 0 Å². The summed E-state index contributed by atoms with van der Waals surface area (Å²) in [5.41, 5.74) is 4.55. The molecule has 26 heavy (non-hydrogen) atoms. The van der Waals surface area contributed by atoms with E-state index in [1.807, 2.05) is 84.3 Å². The Bertz CT molecular complexity index is 1070. The fourth-order valence-electron chi connectivity index (χ4n) is 2.77. The van der Waals surface area contributed by atoms with Gasteiger partial charge < -0.3 is 4.74 Å². The van der Waals surface area contributed by atoms with Crippen LogP contribution in [0.2, 0.25) is 0 Å². The molecule has 0 radical (unpaired) electrons. The maximum absolute atomic E-state index is 5.25. The van der Waals surface area contributed by atoms with E-state index in [9.17, 15) is 0 Å². The number of aryl methyl sites for hydroxylation is 1. The van der Waals surface area contributed by atoms with Crippen LogP contribution >= 0.6 is 0 Å². The summed E-state index contributed by atoms with van der Waals surface area (Å²) < 4.78 is 7.21. The van der Waals surface area contributed by atoms with Crippen molar-refractivity contribution in [2.75, 3.05) is 7.11 Å². The molecule has 0 aliphatic carbocycles. The lowest BCUT2D eigenvalue weighted by Crippen LogP contribution is -1.84. The average molecular weight is 342 g/mol. The van der Waals surface area contributed by atoms with Crippen molar-refractivity contribution in [3.63, 3.8) is 0 Å². The Morgan fingerprint density at radius 3 is 2.42 bits per heavy atom. The van der Waals surface area contributed by atoms with Gasteiger partial charge in [-0.25, -0.2) is 4.98 Å². The van der Waals surface area contributed by atoms with Gasteiger partial charge in [-0.2, -0.15) is 0 Å². The number of methoxy groups -OCH3 is 1. The molecule has 0 saturated carbocycles. The van der Waals surface area contributed by atoms with Crippen molar-refractivity contribution in [2.24, 2.45) is 10.2 Å². The Balaban J connectivity index is 1.86. The SMILES string of the molecule is COc1ccc(-c2nc3cc(C)ccn3c2N=Nc2ccccc2)cc1. The molecule has 5 nitrogen and oxygen atoms in total. The van der Waals surface area contributed by atoms with E-state index in [2.05, 4.69) is 10.2 Å². The number of pyridine rings is 1. The molecule has 0 fully saturated rings. The Hall–Kier alpha value is -3.47. The molecule has 0 N–H and O–H groups in total. The summed E-state index contributed by atoms with van der Waals surface area (Å²) >= 11 is 0. The number of fused-ring (bicyclic) bond motifs is 1. The monoisotopic (exact) mass is 342 g/mol. The predicted octanol–water partition coefficient (Wildman–Crippen LogP) is 5.73. The number of rotatable bonds is 4. The van der Waals surface area contributed by atoms with Crippen LogP contribution in [-0.2, 0) is 0 Å². The van der Waals surface area contributed by atoms with E-state index in [-0.39, 0.29) is 0 Å². The zero-order chi connectivity index (χ0) is 17.9. The smallest absolute Gasteiger partial charge is 0.187 e. The number of hydrogen-bond donors (Lipinski definition) is 0. The summed E-state index contributed by atoms with van der Waals surface area (Å²) in [7, 11) is 1.65. The van der Waals surface area contributed by atoms with Crippen molar-refractivity contribution in [1.29, 1.82) is 0 Å². The van der Waals surface area contributed by atoms with E-state index >= 15 is 0 Å². The Morgan fingerprint density at radius 2 is 1.69 bits per heavy atom. The lowest BCUT2D eigenvalue weighted by atomic mass is 10.1. The average Bonchev–Trinajstić information content (AvgIpc) is 3.04. The number of ether oxygens (including phenoxy) is 1. The molecule has 0 saturated heterocycles. The second-order valence-corrected chi connectivity index (χ2v) is 5.98. The number of nitrogens with zero attached hydrogens (tertiary/aromatic N) is 4. The van der Waals surface area contributed by atoms with Gasteiger partial charge in [0.1, 0.15) is 17.1 Å². The van der Waals surface area contributed by atoms with Gasteiger partial charge in [-0.1, -0.05) is 18.2 Å². The first-order valence-electron chi connectivity index (χ1n) is 8.34. The summed E-state index contributed by atoms with van der Waals surface area (Å²) in [4.78, 5) is 4.78. The third-order valence-corrected chi connectivity index (χ3v) is 4.14. The molecule has 0 bridgehead atoms.